The Morgan fingerprint density at radius 1 is 1.25 bits per heavy atom. The fourth-order valence-electron chi connectivity index (χ4n) is 0. The SMILES string of the molecule is C1[NH2+]O1.F[B-](F)(F)F. The zero-order chi connectivity index (χ0) is 6.62. The number of quaternary nitrogens is 1. The van der Waals surface area contributed by atoms with Crippen molar-refractivity contribution >= 4 is 7.25 Å². The second-order valence-electron chi connectivity index (χ2n) is 0.995. The molecule has 0 amide bonds. The molecule has 1 fully saturated rings. The van der Waals surface area contributed by atoms with E-state index in [4.69, 9.17) is 0 Å². The highest BCUT2D eigenvalue weighted by atomic mass is 19.5. The van der Waals surface area contributed by atoms with Gasteiger partial charge in [-0.15, -0.1) is 4.84 Å². The van der Waals surface area contributed by atoms with E-state index in [9.17, 15) is 17.3 Å². The minimum Gasteiger partial charge on any atom is -0.418 e. The van der Waals surface area contributed by atoms with Gasteiger partial charge in [0.25, 0.3) is 6.73 Å². The molecule has 8 heavy (non-hydrogen) atoms. The van der Waals surface area contributed by atoms with Crippen LogP contribution in [0.25, 0.3) is 0 Å². The van der Waals surface area contributed by atoms with Gasteiger partial charge in [-0.25, -0.2) is 0 Å². The van der Waals surface area contributed by atoms with E-state index in [1.54, 1.807) is 5.48 Å². The van der Waals surface area contributed by atoms with Crippen LogP contribution in [0.2, 0.25) is 0 Å². The summed E-state index contributed by atoms with van der Waals surface area (Å²) >= 11 is 0. The molecule has 1 aliphatic rings. The molecule has 0 aromatic heterocycles. The second kappa shape index (κ2) is 2.88. The molecule has 0 atom stereocenters. The van der Waals surface area contributed by atoms with Crippen molar-refractivity contribution in [2.24, 2.45) is 0 Å². The molecule has 2 N–H and O–H groups in total. The summed E-state index contributed by atoms with van der Waals surface area (Å²) in [5, 5.41) is 0. The van der Waals surface area contributed by atoms with Gasteiger partial charge in [0.2, 0.25) is 0 Å². The lowest BCUT2D eigenvalue weighted by molar-refractivity contribution is -0.642. The molecule has 2 nitrogen and oxygen atoms in total. The van der Waals surface area contributed by atoms with Gasteiger partial charge in [-0.3, -0.25) is 0 Å². The van der Waals surface area contributed by atoms with E-state index in [1.165, 1.54) is 0 Å². The van der Waals surface area contributed by atoms with Gasteiger partial charge in [0.05, 0.1) is 0 Å². The molecule has 0 aliphatic carbocycles. The number of hydroxylamine groups is 1. The van der Waals surface area contributed by atoms with E-state index in [0.29, 0.717) is 0 Å². The first-order chi connectivity index (χ1) is 3.50. The normalized spacial score (nSPS) is 16.5. The third kappa shape index (κ3) is 254. The molecule has 0 aromatic rings. The molecule has 0 aromatic carbocycles. The number of rotatable bonds is 0. The minimum atomic E-state index is -6.00. The molecule has 1 rings (SSSR count). The quantitative estimate of drug-likeness (QED) is 0.275. The van der Waals surface area contributed by atoms with E-state index < -0.39 is 7.25 Å². The molecule has 0 bridgehead atoms. The van der Waals surface area contributed by atoms with Gasteiger partial charge in [-0.1, -0.05) is 0 Å². The summed E-state index contributed by atoms with van der Waals surface area (Å²) in [6, 6.07) is 0. The van der Waals surface area contributed by atoms with Crippen molar-refractivity contribution in [1.29, 1.82) is 0 Å². The third-order valence-corrected chi connectivity index (χ3v) is 0.167. The Bertz CT molecular complexity index is 52.8. The maximum atomic E-state index is 9.75. The molecule has 0 spiro atoms. The second-order valence-corrected chi connectivity index (χ2v) is 0.995. The van der Waals surface area contributed by atoms with Crippen molar-refractivity contribution in [2.45, 2.75) is 0 Å². The topological polar surface area (TPSA) is 29.1 Å². The van der Waals surface area contributed by atoms with E-state index >= 15 is 0 Å². The van der Waals surface area contributed by atoms with E-state index in [0.717, 1.165) is 6.73 Å². The number of hydrogen-bond donors (Lipinski definition) is 1. The molecular formula is CH4BF4NO. The van der Waals surface area contributed by atoms with Crippen LogP contribution in [-0.2, 0) is 4.84 Å². The fraction of sp³-hybridized carbons (Fsp3) is 1.00. The summed E-state index contributed by atoms with van der Waals surface area (Å²) in [6.07, 6.45) is 0. The highest BCUT2D eigenvalue weighted by molar-refractivity contribution is 6.50. The van der Waals surface area contributed by atoms with Crippen LogP contribution in [-0.4, -0.2) is 14.0 Å². The van der Waals surface area contributed by atoms with Crippen LogP contribution in [0.5, 0.6) is 0 Å². The highest BCUT2D eigenvalue weighted by Gasteiger charge is 2.20. The Balaban J connectivity index is 0.000000135. The molecule has 7 heteroatoms. The van der Waals surface area contributed by atoms with Crippen LogP contribution >= 0.6 is 0 Å². The first kappa shape index (κ1) is 7.70. The molecular weight excluding hydrogens is 129 g/mol. The van der Waals surface area contributed by atoms with Crippen LogP contribution in [0.1, 0.15) is 0 Å². The molecule has 0 saturated carbocycles. The van der Waals surface area contributed by atoms with Gasteiger partial charge in [0.1, 0.15) is 0 Å². The Hall–Kier alpha value is -0.295. The molecule has 50 valence electrons. The lowest BCUT2D eigenvalue weighted by Gasteiger charge is -1.94. The zero-order valence-corrected chi connectivity index (χ0v) is 3.78. The largest absolute Gasteiger partial charge is 0.673 e. The zero-order valence-electron chi connectivity index (χ0n) is 3.78. The van der Waals surface area contributed by atoms with E-state index in [2.05, 4.69) is 4.84 Å². The summed E-state index contributed by atoms with van der Waals surface area (Å²) in [4.78, 5) is 4.38. The van der Waals surface area contributed by atoms with Crippen molar-refractivity contribution < 1.29 is 27.6 Å². The summed E-state index contributed by atoms with van der Waals surface area (Å²) in [5.41, 5.74) is 1.75. The monoisotopic (exact) mass is 133 g/mol. The number of nitrogens with two attached hydrogens (primary N) is 1. The molecule has 1 aliphatic heterocycles. The maximum Gasteiger partial charge on any atom is 0.673 e. The standard InChI is InChI=1S/CH3NO.BF4/c1-2-3-1;2-1(3,4)5/h2H,1H2;/q;-1/p+1. The van der Waals surface area contributed by atoms with Crippen LogP contribution < -0.4 is 5.48 Å². The van der Waals surface area contributed by atoms with E-state index in [1.807, 2.05) is 0 Å². The van der Waals surface area contributed by atoms with Gasteiger partial charge in [0, 0.05) is 0 Å². The van der Waals surface area contributed by atoms with Gasteiger partial charge < -0.3 is 17.3 Å². The van der Waals surface area contributed by atoms with Crippen LogP contribution in [0.3, 0.4) is 0 Å². The maximum absolute atomic E-state index is 9.75. The lowest BCUT2D eigenvalue weighted by atomic mass is 10.3. The van der Waals surface area contributed by atoms with Crippen molar-refractivity contribution in [3.63, 3.8) is 0 Å². The highest BCUT2D eigenvalue weighted by Crippen LogP contribution is 2.06. The van der Waals surface area contributed by atoms with Crippen molar-refractivity contribution in [3.8, 4) is 0 Å². The van der Waals surface area contributed by atoms with Gasteiger partial charge >= 0.3 is 7.25 Å². The average Bonchev–Trinajstić information content (AvgIpc) is 1.95. The minimum absolute atomic E-state index is 0.875. The molecule has 1 saturated heterocycles. The Morgan fingerprint density at radius 3 is 1.38 bits per heavy atom. The van der Waals surface area contributed by atoms with Crippen LogP contribution in [0.15, 0.2) is 0 Å². The average molecular weight is 133 g/mol. The smallest absolute Gasteiger partial charge is 0.418 e. The molecule has 1 heterocycles. The number of halogens is 4. The van der Waals surface area contributed by atoms with Crippen molar-refractivity contribution in [1.82, 2.24) is 0 Å². The lowest BCUT2D eigenvalue weighted by Crippen LogP contribution is -2.54. The summed E-state index contributed by atoms with van der Waals surface area (Å²) in [5.74, 6) is 0. The predicted molar refractivity (Wildman–Crippen MR) is 18.1 cm³/mol. The van der Waals surface area contributed by atoms with E-state index in [-0.39, 0.29) is 0 Å². The Morgan fingerprint density at radius 2 is 1.38 bits per heavy atom. The first-order valence-corrected chi connectivity index (χ1v) is 1.81. The summed E-state index contributed by atoms with van der Waals surface area (Å²) in [6.45, 7) is 0.875. The van der Waals surface area contributed by atoms with Gasteiger partial charge in [-0.05, 0) is 0 Å². The number of hydrogen-bond acceptors (Lipinski definition) is 1. The fourth-order valence-corrected chi connectivity index (χ4v) is 0. The molecule has 0 radical (unpaired) electrons. The van der Waals surface area contributed by atoms with Gasteiger partial charge in [-0.2, -0.15) is 5.48 Å². The Labute approximate surface area is 42.9 Å². The predicted octanol–water partition coefficient (Wildman–Crippen LogP) is -0.248. The third-order valence-electron chi connectivity index (χ3n) is 0.167. The van der Waals surface area contributed by atoms with Crippen molar-refractivity contribution in [2.75, 3.05) is 6.73 Å². The van der Waals surface area contributed by atoms with Gasteiger partial charge in [0.15, 0.2) is 0 Å². The van der Waals surface area contributed by atoms with Crippen LogP contribution in [0, 0.1) is 0 Å². The van der Waals surface area contributed by atoms with Crippen molar-refractivity contribution in [3.05, 3.63) is 0 Å². The summed E-state index contributed by atoms with van der Waals surface area (Å²) in [7, 11) is -6.00. The van der Waals surface area contributed by atoms with Crippen LogP contribution in [0.4, 0.5) is 17.3 Å². The molecule has 0 unspecified atom stereocenters. The Kier molecular flexibility index (Phi) is 2.77. The first-order valence-electron chi connectivity index (χ1n) is 1.81. The summed E-state index contributed by atoms with van der Waals surface area (Å²) < 4.78 is 39.0.